The van der Waals surface area contributed by atoms with Gasteiger partial charge in [0.2, 0.25) is 17.6 Å². The Balaban J connectivity index is 1.41. The molecule has 2 aromatic rings. The van der Waals surface area contributed by atoms with Gasteiger partial charge in [-0.3, -0.25) is 19.2 Å². The van der Waals surface area contributed by atoms with Gasteiger partial charge in [-0.1, -0.05) is 45.0 Å². The number of hydrogen-bond donors (Lipinski definition) is 3. The van der Waals surface area contributed by atoms with Crippen molar-refractivity contribution >= 4 is 34.8 Å². The summed E-state index contributed by atoms with van der Waals surface area (Å²) in [5, 5.41) is 15.9. The fraction of sp³-hybridized carbons (Fsp3) is 0.552. The zero-order chi connectivity index (χ0) is 29.0. The van der Waals surface area contributed by atoms with Crippen LogP contribution in [-0.2, 0) is 30.5 Å². The summed E-state index contributed by atoms with van der Waals surface area (Å²) in [5.74, 6) is -2.68. The van der Waals surface area contributed by atoms with E-state index in [1.54, 1.807) is 32.1 Å². The SMILES string of the molecule is Cc1ncsc1-c1ccc(CNC(=O)[C@@H]2C[C@@H](O)CN2C(=O)[C@@H](NC(=O)C(=O)C2CCOCC2)C(C)(C)C)cc1. The number of Topliss-reactive ketones (excluding diaryl/α,β-unsaturated/α-hetero) is 1. The van der Waals surface area contributed by atoms with Crippen molar-refractivity contribution in [1.29, 1.82) is 0 Å². The zero-order valence-electron chi connectivity index (χ0n) is 23.4. The Hall–Kier alpha value is -3.15. The number of aliphatic hydroxyl groups excluding tert-OH is 1. The minimum atomic E-state index is -1.05. The fourth-order valence-electron chi connectivity index (χ4n) is 5.13. The number of aromatic nitrogens is 1. The first kappa shape index (κ1) is 29.8. The Labute approximate surface area is 238 Å². The standard InChI is InChI=1S/C29H38N4O6S/c1-17-24(40-16-31-17)20-7-5-18(6-8-20)14-30-26(36)22-13-21(34)15-33(22)28(38)25(29(2,3)4)32-27(37)23(35)19-9-11-39-12-10-19/h5-8,16,19,21-22,25,34H,9-15H2,1-4H3,(H,30,36)(H,32,37)/t21-,22+,25-/m1/s1. The molecule has 2 aliphatic heterocycles. The van der Waals surface area contributed by atoms with E-state index in [9.17, 15) is 24.3 Å². The lowest BCUT2D eigenvalue weighted by Gasteiger charge is -2.35. The first-order valence-corrected chi connectivity index (χ1v) is 14.5. The minimum Gasteiger partial charge on any atom is -0.391 e. The molecular weight excluding hydrogens is 532 g/mol. The maximum atomic E-state index is 13.7. The second kappa shape index (κ2) is 12.6. The third kappa shape index (κ3) is 6.94. The molecule has 1 aromatic carbocycles. The van der Waals surface area contributed by atoms with E-state index in [0.29, 0.717) is 26.1 Å². The van der Waals surface area contributed by atoms with Gasteiger partial charge < -0.3 is 25.4 Å². The van der Waals surface area contributed by atoms with Crippen LogP contribution in [0.5, 0.6) is 0 Å². The third-order valence-electron chi connectivity index (χ3n) is 7.50. The number of carbonyl (C=O) groups excluding carboxylic acids is 4. The van der Waals surface area contributed by atoms with E-state index in [0.717, 1.165) is 21.7 Å². The summed E-state index contributed by atoms with van der Waals surface area (Å²) in [6.45, 7) is 8.38. The maximum Gasteiger partial charge on any atom is 0.288 e. The molecule has 2 aliphatic rings. The van der Waals surface area contributed by atoms with Crippen LogP contribution < -0.4 is 10.6 Å². The summed E-state index contributed by atoms with van der Waals surface area (Å²) >= 11 is 1.57. The Kier molecular flexibility index (Phi) is 9.37. The lowest BCUT2D eigenvalue weighted by atomic mass is 9.85. The molecule has 1 aromatic heterocycles. The molecule has 216 valence electrons. The van der Waals surface area contributed by atoms with Crippen molar-refractivity contribution in [3.63, 3.8) is 0 Å². The van der Waals surface area contributed by atoms with Crippen LogP contribution in [0.2, 0.25) is 0 Å². The van der Waals surface area contributed by atoms with E-state index in [2.05, 4.69) is 15.6 Å². The first-order chi connectivity index (χ1) is 19.0. The van der Waals surface area contributed by atoms with Crippen LogP contribution in [0.25, 0.3) is 10.4 Å². The van der Waals surface area contributed by atoms with E-state index in [1.807, 2.05) is 36.7 Å². The molecule has 4 rings (SSSR count). The number of nitrogens with zero attached hydrogens (tertiary/aromatic N) is 2. The molecule has 0 bridgehead atoms. The molecule has 2 saturated heterocycles. The molecule has 0 unspecified atom stereocenters. The second-order valence-electron chi connectivity index (χ2n) is 11.6. The second-order valence-corrected chi connectivity index (χ2v) is 12.5. The lowest BCUT2D eigenvalue weighted by Crippen LogP contribution is -2.59. The summed E-state index contributed by atoms with van der Waals surface area (Å²) in [4.78, 5) is 59.3. The number of aliphatic hydroxyl groups is 1. The summed E-state index contributed by atoms with van der Waals surface area (Å²) in [6, 6.07) is 5.88. The summed E-state index contributed by atoms with van der Waals surface area (Å²) in [5.41, 5.74) is 3.98. The van der Waals surface area contributed by atoms with Crippen molar-refractivity contribution in [2.24, 2.45) is 11.3 Å². The topological polar surface area (TPSA) is 138 Å². The summed E-state index contributed by atoms with van der Waals surface area (Å²) < 4.78 is 5.28. The van der Waals surface area contributed by atoms with Crippen LogP contribution in [-0.4, -0.2) is 76.4 Å². The molecule has 0 spiro atoms. The number of hydrogen-bond acceptors (Lipinski definition) is 8. The van der Waals surface area contributed by atoms with Crippen molar-refractivity contribution in [2.45, 2.75) is 71.7 Å². The monoisotopic (exact) mass is 570 g/mol. The molecular formula is C29H38N4O6S. The van der Waals surface area contributed by atoms with Crippen molar-refractivity contribution in [1.82, 2.24) is 20.5 Å². The predicted molar refractivity (Wildman–Crippen MR) is 150 cm³/mol. The molecule has 11 heteroatoms. The number of rotatable bonds is 8. The van der Waals surface area contributed by atoms with Crippen molar-refractivity contribution < 1.29 is 29.0 Å². The molecule has 3 heterocycles. The van der Waals surface area contributed by atoms with Crippen LogP contribution >= 0.6 is 11.3 Å². The average Bonchev–Trinajstić information content (AvgIpc) is 3.54. The Bertz CT molecular complexity index is 1230. The van der Waals surface area contributed by atoms with E-state index in [1.165, 1.54) is 4.90 Å². The van der Waals surface area contributed by atoms with Gasteiger partial charge in [0.1, 0.15) is 12.1 Å². The van der Waals surface area contributed by atoms with Crippen LogP contribution in [0.1, 0.15) is 51.3 Å². The van der Waals surface area contributed by atoms with Crippen LogP contribution in [0.4, 0.5) is 0 Å². The highest BCUT2D eigenvalue weighted by molar-refractivity contribution is 7.13. The zero-order valence-corrected chi connectivity index (χ0v) is 24.3. The van der Waals surface area contributed by atoms with Gasteiger partial charge in [0, 0.05) is 38.6 Å². The largest absolute Gasteiger partial charge is 0.391 e. The van der Waals surface area contributed by atoms with Gasteiger partial charge in [0.15, 0.2) is 0 Å². The van der Waals surface area contributed by atoms with Crippen molar-refractivity contribution in [3.8, 4) is 10.4 Å². The normalized spacial score (nSPS) is 20.7. The number of benzene rings is 1. The van der Waals surface area contributed by atoms with Crippen molar-refractivity contribution in [3.05, 3.63) is 41.0 Å². The molecule has 10 nitrogen and oxygen atoms in total. The van der Waals surface area contributed by atoms with Gasteiger partial charge in [-0.05, 0) is 36.3 Å². The number of aryl methyl sites for hydroxylation is 1. The summed E-state index contributed by atoms with van der Waals surface area (Å²) in [6.07, 6.45) is 0.151. The number of ether oxygens (including phenoxy) is 1. The Morgan fingerprint density at radius 3 is 2.42 bits per heavy atom. The highest BCUT2D eigenvalue weighted by atomic mass is 32.1. The number of β-amino-alcohol motifs (C(OH)–C–C–N with tert-alkyl or cyclic N) is 1. The molecule has 40 heavy (non-hydrogen) atoms. The molecule has 0 saturated carbocycles. The molecule has 3 atom stereocenters. The smallest absolute Gasteiger partial charge is 0.288 e. The van der Waals surface area contributed by atoms with Gasteiger partial charge in [-0.25, -0.2) is 4.98 Å². The van der Waals surface area contributed by atoms with Crippen LogP contribution in [0.3, 0.4) is 0 Å². The highest BCUT2D eigenvalue weighted by Gasteiger charge is 2.45. The Morgan fingerprint density at radius 1 is 1.15 bits per heavy atom. The third-order valence-corrected chi connectivity index (χ3v) is 8.48. The highest BCUT2D eigenvalue weighted by Crippen LogP contribution is 2.28. The quantitative estimate of drug-likeness (QED) is 0.414. The fourth-order valence-corrected chi connectivity index (χ4v) is 5.94. The van der Waals surface area contributed by atoms with Gasteiger partial charge in [0.25, 0.3) is 5.91 Å². The van der Waals surface area contributed by atoms with Gasteiger partial charge >= 0.3 is 0 Å². The molecule has 0 aliphatic carbocycles. The minimum absolute atomic E-state index is 0.0316. The molecule has 2 fully saturated rings. The average molecular weight is 571 g/mol. The van der Waals surface area contributed by atoms with E-state index in [4.69, 9.17) is 4.74 Å². The van der Waals surface area contributed by atoms with Gasteiger partial charge in [0.05, 0.1) is 22.2 Å². The van der Waals surface area contributed by atoms with Gasteiger partial charge in [-0.2, -0.15) is 0 Å². The van der Waals surface area contributed by atoms with Crippen molar-refractivity contribution in [2.75, 3.05) is 19.8 Å². The summed E-state index contributed by atoms with van der Waals surface area (Å²) in [7, 11) is 0. The number of thiazole rings is 1. The number of nitrogens with one attached hydrogen (secondary N) is 2. The number of amides is 3. The predicted octanol–water partition coefficient (Wildman–Crippen LogP) is 2.22. The van der Waals surface area contributed by atoms with Crippen LogP contribution in [0.15, 0.2) is 29.8 Å². The van der Waals surface area contributed by atoms with E-state index in [-0.39, 0.29) is 25.4 Å². The van der Waals surface area contributed by atoms with Crippen LogP contribution in [0, 0.1) is 18.3 Å². The first-order valence-electron chi connectivity index (χ1n) is 13.6. The van der Waals surface area contributed by atoms with E-state index < -0.39 is 47.1 Å². The Morgan fingerprint density at radius 2 is 1.82 bits per heavy atom. The molecule has 3 amide bonds. The number of carbonyl (C=O) groups is 4. The van der Waals surface area contributed by atoms with E-state index >= 15 is 0 Å². The lowest BCUT2D eigenvalue weighted by molar-refractivity contribution is -0.147. The molecule has 3 N–H and O–H groups in total. The number of likely N-dealkylation sites (tertiary alicyclic amines) is 1. The maximum absolute atomic E-state index is 13.7. The number of ketones is 1. The molecule has 0 radical (unpaired) electrons. The van der Waals surface area contributed by atoms with Gasteiger partial charge in [-0.15, -0.1) is 11.3 Å².